The maximum Gasteiger partial charge on any atom is 0.289 e. The normalized spacial score (nSPS) is 14.5. The van der Waals surface area contributed by atoms with Crippen LogP contribution in [0, 0.1) is 6.92 Å². The zero-order valence-electron chi connectivity index (χ0n) is 15.9. The molecule has 0 radical (unpaired) electrons. The number of pyridine rings is 1. The van der Waals surface area contributed by atoms with Gasteiger partial charge in [-0.1, -0.05) is 0 Å². The van der Waals surface area contributed by atoms with Crippen LogP contribution in [0.3, 0.4) is 0 Å². The Morgan fingerprint density at radius 1 is 1.11 bits per heavy atom. The number of piperazine rings is 1. The third-order valence-corrected chi connectivity index (χ3v) is 4.88. The molecular weight excluding hydrogens is 360 g/mol. The third-order valence-electron chi connectivity index (χ3n) is 4.88. The molecule has 4 rings (SSSR count). The topological polar surface area (TPSA) is 80.3 Å². The van der Waals surface area contributed by atoms with Crippen LogP contribution in [-0.2, 0) is 0 Å². The molecule has 0 N–H and O–H groups in total. The molecule has 0 saturated carbocycles. The fraction of sp³-hybridized carbons (Fsp3) is 0.350. The van der Waals surface area contributed by atoms with Crippen LogP contribution in [0.5, 0.6) is 5.75 Å². The number of rotatable bonds is 4. The van der Waals surface area contributed by atoms with Crippen molar-refractivity contribution in [2.24, 2.45) is 0 Å². The van der Waals surface area contributed by atoms with Crippen molar-refractivity contribution >= 4 is 17.5 Å². The Kier molecular flexibility index (Phi) is 4.77. The molecule has 0 atom stereocenters. The second-order valence-electron chi connectivity index (χ2n) is 6.61. The number of amides is 2. The van der Waals surface area contributed by atoms with E-state index in [0.29, 0.717) is 61.3 Å². The third kappa shape index (κ3) is 3.11. The van der Waals surface area contributed by atoms with Gasteiger partial charge >= 0.3 is 0 Å². The van der Waals surface area contributed by atoms with Crippen molar-refractivity contribution in [2.45, 2.75) is 13.8 Å². The minimum absolute atomic E-state index is 0.0938. The lowest BCUT2D eigenvalue weighted by molar-refractivity contribution is 0.0514. The van der Waals surface area contributed by atoms with Gasteiger partial charge in [0.25, 0.3) is 11.8 Å². The molecular formula is C20H22N4O4. The monoisotopic (exact) mass is 382 g/mol. The van der Waals surface area contributed by atoms with E-state index in [0.717, 1.165) is 0 Å². The SMILES string of the molecule is CCOc1cccn2c(C(=O)N3CCN(C(=O)c4ccco4)CC3)c(C)nc12. The molecule has 0 aromatic carbocycles. The van der Waals surface area contributed by atoms with E-state index in [9.17, 15) is 9.59 Å². The Morgan fingerprint density at radius 3 is 2.46 bits per heavy atom. The Bertz CT molecular complexity index is 1000. The van der Waals surface area contributed by atoms with Gasteiger partial charge < -0.3 is 19.0 Å². The number of aromatic nitrogens is 2. The zero-order chi connectivity index (χ0) is 19.7. The van der Waals surface area contributed by atoms with E-state index >= 15 is 0 Å². The van der Waals surface area contributed by atoms with Gasteiger partial charge in [-0.05, 0) is 38.1 Å². The fourth-order valence-corrected chi connectivity index (χ4v) is 3.50. The summed E-state index contributed by atoms with van der Waals surface area (Å²) in [5, 5.41) is 0. The minimum Gasteiger partial charge on any atom is -0.490 e. The van der Waals surface area contributed by atoms with Crippen molar-refractivity contribution in [1.29, 1.82) is 0 Å². The van der Waals surface area contributed by atoms with E-state index < -0.39 is 0 Å². The molecule has 4 heterocycles. The summed E-state index contributed by atoms with van der Waals surface area (Å²) in [6.45, 7) is 6.12. The Hall–Kier alpha value is -3.29. The van der Waals surface area contributed by atoms with E-state index in [1.807, 2.05) is 32.2 Å². The van der Waals surface area contributed by atoms with Crippen LogP contribution in [-0.4, -0.2) is 63.8 Å². The average molecular weight is 382 g/mol. The quantitative estimate of drug-likeness (QED) is 0.691. The number of ether oxygens (including phenoxy) is 1. The van der Waals surface area contributed by atoms with Crippen LogP contribution in [0.2, 0.25) is 0 Å². The highest BCUT2D eigenvalue weighted by molar-refractivity contribution is 5.95. The number of hydrogen-bond acceptors (Lipinski definition) is 5. The van der Waals surface area contributed by atoms with Crippen LogP contribution < -0.4 is 4.74 Å². The van der Waals surface area contributed by atoms with Gasteiger partial charge in [-0.15, -0.1) is 0 Å². The van der Waals surface area contributed by atoms with Crippen molar-refractivity contribution in [3.63, 3.8) is 0 Å². The molecule has 0 aliphatic carbocycles. The second kappa shape index (κ2) is 7.38. The molecule has 3 aromatic rings. The summed E-state index contributed by atoms with van der Waals surface area (Å²) in [4.78, 5) is 33.6. The van der Waals surface area contributed by atoms with Crippen LogP contribution in [0.1, 0.15) is 33.7 Å². The Morgan fingerprint density at radius 2 is 1.82 bits per heavy atom. The number of furan rings is 1. The van der Waals surface area contributed by atoms with E-state index in [2.05, 4.69) is 4.98 Å². The molecule has 0 spiro atoms. The molecule has 2 amide bonds. The number of fused-ring (bicyclic) bond motifs is 1. The molecule has 1 fully saturated rings. The minimum atomic E-state index is -0.149. The Labute approximate surface area is 162 Å². The maximum atomic E-state index is 13.2. The van der Waals surface area contributed by atoms with E-state index in [1.165, 1.54) is 6.26 Å². The predicted octanol–water partition coefficient (Wildman–Crippen LogP) is 2.23. The van der Waals surface area contributed by atoms with Gasteiger partial charge in [-0.2, -0.15) is 0 Å². The predicted molar refractivity (Wildman–Crippen MR) is 102 cm³/mol. The van der Waals surface area contributed by atoms with Crippen LogP contribution in [0.15, 0.2) is 41.1 Å². The summed E-state index contributed by atoms with van der Waals surface area (Å²) < 4.78 is 12.6. The molecule has 8 heteroatoms. The average Bonchev–Trinajstić information content (AvgIpc) is 3.35. The van der Waals surface area contributed by atoms with Gasteiger partial charge in [0, 0.05) is 32.4 Å². The maximum absolute atomic E-state index is 13.2. The van der Waals surface area contributed by atoms with Crippen molar-refractivity contribution in [2.75, 3.05) is 32.8 Å². The first-order chi connectivity index (χ1) is 13.6. The smallest absolute Gasteiger partial charge is 0.289 e. The summed E-state index contributed by atoms with van der Waals surface area (Å²) >= 11 is 0. The lowest BCUT2D eigenvalue weighted by atomic mass is 10.2. The number of imidazole rings is 1. The van der Waals surface area contributed by atoms with Crippen molar-refractivity contribution in [1.82, 2.24) is 19.2 Å². The molecule has 1 aliphatic heterocycles. The van der Waals surface area contributed by atoms with Gasteiger partial charge in [0.2, 0.25) is 0 Å². The van der Waals surface area contributed by atoms with Crippen molar-refractivity contribution in [3.05, 3.63) is 53.9 Å². The highest BCUT2D eigenvalue weighted by Crippen LogP contribution is 2.23. The van der Waals surface area contributed by atoms with Crippen LogP contribution >= 0.6 is 0 Å². The number of nitrogens with zero attached hydrogens (tertiary/aromatic N) is 4. The van der Waals surface area contributed by atoms with E-state index in [4.69, 9.17) is 9.15 Å². The van der Waals surface area contributed by atoms with Gasteiger partial charge in [-0.25, -0.2) is 4.98 Å². The van der Waals surface area contributed by atoms with E-state index in [1.54, 1.807) is 26.3 Å². The summed E-state index contributed by atoms with van der Waals surface area (Å²) in [5.74, 6) is 0.732. The van der Waals surface area contributed by atoms with E-state index in [-0.39, 0.29) is 11.8 Å². The highest BCUT2D eigenvalue weighted by atomic mass is 16.5. The molecule has 8 nitrogen and oxygen atoms in total. The standard InChI is InChI=1S/C20H22N4O4/c1-3-27-15-6-4-8-24-17(14(2)21-18(15)24)20(26)23-11-9-22(10-12-23)19(25)16-7-5-13-28-16/h4-8,13H,3,9-12H2,1-2H3. The first-order valence-electron chi connectivity index (χ1n) is 9.32. The van der Waals surface area contributed by atoms with Crippen LogP contribution in [0.25, 0.3) is 5.65 Å². The number of carbonyl (C=O) groups excluding carboxylic acids is 2. The lowest BCUT2D eigenvalue weighted by Gasteiger charge is -2.34. The molecule has 28 heavy (non-hydrogen) atoms. The first kappa shape index (κ1) is 18.1. The molecule has 1 aliphatic rings. The lowest BCUT2D eigenvalue weighted by Crippen LogP contribution is -2.50. The highest BCUT2D eigenvalue weighted by Gasteiger charge is 2.29. The number of hydrogen-bond donors (Lipinski definition) is 0. The summed E-state index contributed by atoms with van der Waals surface area (Å²) in [7, 11) is 0. The molecule has 1 saturated heterocycles. The van der Waals surface area contributed by atoms with Crippen molar-refractivity contribution in [3.8, 4) is 5.75 Å². The Balaban J connectivity index is 1.52. The molecule has 3 aromatic heterocycles. The van der Waals surface area contributed by atoms with Crippen LogP contribution in [0.4, 0.5) is 0 Å². The summed E-state index contributed by atoms with van der Waals surface area (Å²) in [5.41, 5.74) is 1.82. The number of aryl methyl sites for hydroxylation is 1. The van der Waals surface area contributed by atoms with Gasteiger partial charge in [0.1, 0.15) is 5.69 Å². The zero-order valence-corrected chi connectivity index (χ0v) is 15.9. The molecule has 0 unspecified atom stereocenters. The fourth-order valence-electron chi connectivity index (χ4n) is 3.50. The number of carbonyl (C=O) groups is 2. The summed E-state index contributed by atoms with van der Waals surface area (Å²) in [6.07, 6.45) is 3.30. The van der Waals surface area contributed by atoms with Gasteiger partial charge in [0.05, 0.1) is 18.6 Å². The molecule has 0 bridgehead atoms. The first-order valence-corrected chi connectivity index (χ1v) is 9.32. The van der Waals surface area contributed by atoms with Crippen molar-refractivity contribution < 1.29 is 18.7 Å². The summed E-state index contributed by atoms with van der Waals surface area (Å²) in [6, 6.07) is 7.03. The second-order valence-corrected chi connectivity index (χ2v) is 6.61. The van der Waals surface area contributed by atoms with Gasteiger partial charge in [0.15, 0.2) is 17.2 Å². The van der Waals surface area contributed by atoms with Gasteiger partial charge in [-0.3, -0.25) is 14.0 Å². The largest absolute Gasteiger partial charge is 0.490 e. The molecule has 146 valence electrons.